The van der Waals surface area contributed by atoms with E-state index in [-0.39, 0.29) is 18.3 Å². The number of nitrogens with one attached hydrogen (secondary N) is 1. The molecule has 118 valence electrons. The number of ether oxygens (including phenoxy) is 1. The van der Waals surface area contributed by atoms with Crippen molar-refractivity contribution in [2.75, 3.05) is 19.5 Å². The molecule has 0 saturated heterocycles. The Morgan fingerprint density at radius 3 is 2.57 bits per heavy atom. The van der Waals surface area contributed by atoms with Crippen molar-refractivity contribution < 1.29 is 13.9 Å². The van der Waals surface area contributed by atoms with Gasteiger partial charge in [-0.3, -0.25) is 0 Å². The molecule has 0 radical (unpaired) electrons. The van der Waals surface area contributed by atoms with E-state index in [1.807, 2.05) is 6.07 Å². The largest absolute Gasteiger partial charge is 0.494 e. The van der Waals surface area contributed by atoms with Gasteiger partial charge in [-0.1, -0.05) is 6.07 Å². The molecule has 6 heteroatoms. The molecule has 2 aromatic carbocycles. The molecule has 0 aliphatic rings. The molecule has 5 nitrogen and oxygen atoms in total. The lowest BCUT2D eigenvalue weighted by atomic mass is 10.2. The Kier molecular flexibility index (Phi) is 5.15. The molecule has 23 heavy (non-hydrogen) atoms. The van der Waals surface area contributed by atoms with Crippen LogP contribution < -0.4 is 10.1 Å². The second kappa shape index (κ2) is 7.27. The minimum atomic E-state index is -0.467. The van der Waals surface area contributed by atoms with Gasteiger partial charge in [0.05, 0.1) is 18.7 Å². The Morgan fingerprint density at radius 2 is 2.00 bits per heavy atom. The quantitative estimate of drug-likeness (QED) is 0.941. The molecule has 0 spiro atoms. The van der Waals surface area contributed by atoms with E-state index >= 15 is 0 Å². The molecule has 2 aromatic rings. The minimum Gasteiger partial charge on any atom is -0.494 e. The zero-order valence-electron chi connectivity index (χ0n) is 12.8. The van der Waals surface area contributed by atoms with Crippen molar-refractivity contribution in [3.05, 3.63) is 59.4 Å². The highest BCUT2D eigenvalue weighted by Gasteiger charge is 2.11. The third kappa shape index (κ3) is 4.20. The van der Waals surface area contributed by atoms with Gasteiger partial charge >= 0.3 is 6.03 Å². The first-order chi connectivity index (χ1) is 11.0. The van der Waals surface area contributed by atoms with E-state index in [4.69, 9.17) is 10.00 Å². The van der Waals surface area contributed by atoms with Gasteiger partial charge in [-0.2, -0.15) is 5.26 Å². The predicted octanol–water partition coefficient (Wildman–Crippen LogP) is 3.37. The normalized spacial score (nSPS) is 9.83. The first kappa shape index (κ1) is 16.3. The molecule has 0 aromatic heterocycles. The molecule has 0 atom stereocenters. The van der Waals surface area contributed by atoms with Gasteiger partial charge in [0, 0.05) is 19.3 Å². The topological polar surface area (TPSA) is 65.4 Å². The van der Waals surface area contributed by atoms with E-state index < -0.39 is 5.82 Å². The molecule has 0 heterocycles. The zero-order valence-corrected chi connectivity index (χ0v) is 12.8. The molecule has 0 saturated carbocycles. The Balaban J connectivity index is 1.99. The molecule has 0 fully saturated rings. The number of urea groups is 1. The van der Waals surface area contributed by atoms with Crippen molar-refractivity contribution in [3.63, 3.8) is 0 Å². The molecule has 0 aliphatic carbocycles. The van der Waals surface area contributed by atoms with E-state index in [2.05, 4.69) is 5.32 Å². The van der Waals surface area contributed by atoms with Crippen LogP contribution in [0.3, 0.4) is 0 Å². The Morgan fingerprint density at radius 1 is 1.30 bits per heavy atom. The number of amides is 2. The standard InChI is InChI=1S/C17H16FN3O2/c1-21(11-13-5-8-16(23-2)15(18)9-13)17(22)20-14-6-3-12(10-19)4-7-14/h3-9H,11H2,1-2H3,(H,20,22). The summed E-state index contributed by atoms with van der Waals surface area (Å²) in [5, 5.41) is 11.4. The molecule has 1 N–H and O–H groups in total. The first-order valence-corrected chi connectivity index (χ1v) is 6.88. The summed E-state index contributed by atoms with van der Waals surface area (Å²) < 4.78 is 18.5. The van der Waals surface area contributed by atoms with E-state index in [0.29, 0.717) is 16.8 Å². The van der Waals surface area contributed by atoms with Crippen LogP contribution in [0.5, 0.6) is 5.75 Å². The number of nitrogens with zero attached hydrogens (tertiary/aromatic N) is 2. The summed E-state index contributed by atoms with van der Waals surface area (Å²) >= 11 is 0. The predicted molar refractivity (Wildman–Crippen MR) is 84.6 cm³/mol. The summed E-state index contributed by atoms with van der Waals surface area (Å²) in [6, 6.07) is 12.8. The second-order valence-electron chi connectivity index (χ2n) is 4.94. The maximum Gasteiger partial charge on any atom is 0.321 e. The number of anilines is 1. The highest BCUT2D eigenvalue weighted by molar-refractivity contribution is 5.89. The lowest BCUT2D eigenvalue weighted by Gasteiger charge is -2.18. The first-order valence-electron chi connectivity index (χ1n) is 6.88. The highest BCUT2D eigenvalue weighted by Crippen LogP contribution is 2.18. The lowest BCUT2D eigenvalue weighted by molar-refractivity contribution is 0.220. The van der Waals surface area contributed by atoms with Gasteiger partial charge in [-0.05, 0) is 42.0 Å². The number of benzene rings is 2. The average molecular weight is 313 g/mol. The van der Waals surface area contributed by atoms with Crippen molar-refractivity contribution in [2.24, 2.45) is 0 Å². The molecule has 0 bridgehead atoms. The Bertz CT molecular complexity index is 738. The number of hydrogen-bond donors (Lipinski definition) is 1. The van der Waals surface area contributed by atoms with E-state index in [0.717, 1.165) is 0 Å². The van der Waals surface area contributed by atoms with E-state index in [1.165, 1.54) is 24.1 Å². The van der Waals surface area contributed by atoms with Gasteiger partial charge in [0.15, 0.2) is 11.6 Å². The summed E-state index contributed by atoms with van der Waals surface area (Å²) in [7, 11) is 3.01. The highest BCUT2D eigenvalue weighted by atomic mass is 19.1. The van der Waals surface area contributed by atoms with Crippen molar-refractivity contribution in [2.45, 2.75) is 6.54 Å². The monoisotopic (exact) mass is 313 g/mol. The van der Waals surface area contributed by atoms with Gasteiger partial charge in [-0.15, -0.1) is 0 Å². The van der Waals surface area contributed by atoms with Crippen molar-refractivity contribution in [3.8, 4) is 11.8 Å². The SMILES string of the molecule is COc1ccc(CN(C)C(=O)Nc2ccc(C#N)cc2)cc1F. The smallest absolute Gasteiger partial charge is 0.321 e. The second-order valence-corrected chi connectivity index (χ2v) is 4.94. The van der Waals surface area contributed by atoms with Crippen LogP contribution in [0.2, 0.25) is 0 Å². The maximum atomic E-state index is 13.6. The van der Waals surface area contributed by atoms with Gasteiger partial charge in [0.25, 0.3) is 0 Å². The summed E-state index contributed by atoms with van der Waals surface area (Å²) in [5.41, 5.74) is 1.76. The van der Waals surface area contributed by atoms with Crippen molar-refractivity contribution >= 4 is 11.7 Å². The number of methoxy groups -OCH3 is 1. The van der Waals surface area contributed by atoms with Crippen molar-refractivity contribution in [1.82, 2.24) is 4.90 Å². The molecule has 2 rings (SSSR count). The average Bonchev–Trinajstić information content (AvgIpc) is 2.55. The third-order valence-corrected chi connectivity index (χ3v) is 3.25. The third-order valence-electron chi connectivity index (χ3n) is 3.25. The van der Waals surface area contributed by atoms with Crippen LogP contribution in [0.15, 0.2) is 42.5 Å². The Labute approximate surface area is 133 Å². The molecule has 2 amide bonds. The van der Waals surface area contributed by atoms with Crippen LogP contribution in [0, 0.1) is 17.1 Å². The lowest BCUT2D eigenvalue weighted by Crippen LogP contribution is -2.30. The number of hydrogen-bond acceptors (Lipinski definition) is 3. The van der Waals surface area contributed by atoms with Crippen LogP contribution in [-0.4, -0.2) is 25.1 Å². The fourth-order valence-electron chi connectivity index (χ4n) is 2.00. The minimum absolute atomic E-state index is 0.165. The van der Waals surface area contributed by atoms with E-state index in [9.17, 15) is 9.18 Å². The van der Waals surface area contributed by atoms with Crippen LogP contribution >= 0.6 is 0 Å². The van der Waals surface area contributed by atoms with Crippen LogP contribution in [-0.2, 0) is 6.54 Å². The molecular weight excluding hydrogens is 297 g/mol. The number of carbonyl (C=O) groups excluding carboxylic acids is 1. The molecular formula is C17H16FN3O2. The maximum absolute atomic E-state index is 13.6. The molecule has 0 unspecified atom stereocenters. The summed E-state index contributed by atoms with van der Waals surface area (Å²) in [5.74, 6) is -0.302. The Hall–Kier alpha value is -3.07. The van der Waals surface area contributed by atoms with Gasteiger partial charge in [0.2, 0.25) is 0 Å². The van der Waals surface area contributed by atoms with Crippen LogP contribution in [0.4, 0.5) is 14.9 Å². The van der Waals surface area contributed by atoms with Gasteiger partial charge in [-0.25, -0.2) is 9.18 Å². The number of nitriles is 1. The summed E-state index contributed by atoms with van der Waals surface area (Å²) in [6.45, 7) is 0.253. The van der Waals surface area contributed by atoms with E-state index in [1.54, 1.807) is 37.4 Å². The number of carbonyl (C=O) groups is 1. The van der Waals surface area contributed by atoms with Gasteiger partial charge in [0.1, 0.15) is 0 Å². The van der Waals surface area contributed by atoms with Crippen LogP contribution in [0.25, 0.3) is 0 Å². The molecule has 0 aliphatic heterocycles. The summed E-state index contributed by atoms with van der Waals surface area (Å²) in [4.78, 5) is 13.5. The fraction of sp³-hybridized carbons (Fsp3) is 0.176. The summed E-state index contributed by atoms with van der Waals surface area (Å²) in [6.07, 6.45) is 0. The van der Waals surface area contributed by atoms with Crippen LogP contribution in [0.1, 0.15) is 11.1 Å². The zero-order chi connectivity index (χ0) is 16.8. The van der Waals surface area contributed by atoms with Gasteiger partial charge < -0.3 is 15.0 Å². The number of halogens is 1. The number of rotatable bonds is 4. The van der Waals surface area contributed by atoms with Crippen molar-refractivity contribution in [1.29, 1.82) is 5.26 Å². The fourth-order valence-corrected chi connectivity index (χ4v) is 2.00.